The number of rotatable bonds is 2. The first-order chi connectivity index (χ1) is 6.22. The third-order valence-electron chi connectivity index (χ3n) is 2.40. The smallest absolute Gasteiger partial charge is 0.188 e. The van der Waals surface area contributed by atoms with Crippen LogP contribution in [0.2, 0.25) is 0 Å². The van der Waals surface area contributed by atoms with Crippen LogP contribution in [0.25, 0.3) is 0 Å². The maximum absolute atomic E-state index is 5.67. The Balaban J connectivity index is 2.26. The van der Waals surface area contributed by atoms with E-state index >= 15 is 0 Å². The van der Waals surface area contributed by atoms with Gasteiger partial charge in [-0.25, -0.2) is 0 Å². The van der Waals surface area contributed by atoms with Crippen LogP contribution in [0, 0.1) is 0 Å². The molecule has 0 aliphatic carbocycles. The fourth-order valence-electron chi connectivity index (χ4n) is 1.58. The molecule has 1 saturated heterocycles. The predicted molar refractivity (Wildman–Crippen MR) is 55.8 cm³/mol. The van der Waals surface area contributed by atoms with Crippen molar-refractivity contribution in [1.29, 1.82) is 0 Å². The fraction of sp³-hybridized carbons (Fsp3) is 0.889. The summed E-state index contributed by atoms with van der Waals surface area (Å²) in [4.78, 5) is 6.45. The number of hydrogen-bond acceptors (Lipinski definition) is 2. The Kier molecular flexibility index (Phi) is 4.02. The van der Waals surface area contributed by atoms with Gasteiger partial charge in [-0.2, -0.15) is 0 Å². The molecule has 1 fully saturated rings. The minimum Gasteiger partial charge on any atom is -0.370 e. The Hall–Kier alpha value is -0.770. The second-order valence-electron chi connectivity index (χ2n) is 3.58. The Morgan fingerprint density at radius 1 is 1.54 bits per heavy atom. The van der Waals surface area contributed by atoms with E-state index < -0.39 is 0 Å². The number of nitrogens with two attached hydrogens (primary N) is 1. The molecule has 3 N–H and O–H groups in total. The molecule has 0 radical (unpaired) electrons. The Morgan fingerprint density at radius 2 is 2.15 bits per heavy atom. The van der Waals surface area contributed by atoms with Gasteiger partial charge in [0, 0.05) is 12.6 Å². The molecule has 1 aliphatic rings. The van der Waals surface area contributed by atoms with E-state index in [1.807, 2.05) is 6.92 Å². The topological polar surface area (TPSA) is 53.6 Å². The zero-order valence-electron chi connectivity index (χ0n) is 8.58. The van der Waals surface area contributed by atoms with Crippen LogP contribution in [-0.2, 0) is 0 Å². The van der Waals surface area contributed by atoms with Gasteiger partial charge in [0.1, 0.15) is 0 Å². The number of likely N-dealkylation sites (tertiary alicyclic amines) is 1. The molecule has 1 heterocycles. The zero-order valence-corrected chi connectivity index (χ0v) is 8.58. The third-order valence-corrected chi connectivity index (χ3v) is 2.40. The highest BCUT2D eigenvalue weighted by atomic mass is 15.2. The van der Waals surface area contributed by atoms with Gasteiger partial charge >= 0.3 is 0 Å². The van der Waals surface area contributed by atoms with Crippen molar-refractivity contribution < 1.29 is 0 Å². The lowest BCUT2D eigenvalue weighted by Gasteiger charge is -2.29. The van der Waals surface area contributed by atoms with Crippen LogP contribution in [0.4, 0.5) is 0 Å². The van der Waals surface area contributed by atoms with Crippen LogP contribution in [-0.4, -0.2) is 43.6 Å². The van der Waals surface area contributed by atoms with Crippen molar-refractivity contribution in [2.24, 2.45) is 10.7 Å². The average Bonchev–Trinajstić information content (AvgIpc) is 2.09. The number of nitrogens with one attached hydrogen (secondary N) is 1. The number of aliphatic imine (C=N–C) groups is 1. The monoisotopic (exact) mass is 184 g/mol. The van der Waals surface area contributed by atoms with Gasteiger partial charge in [0.05, 0.1) is 0 Å². The second-order valence-corrected chi connectivity index (χ2v) is 3.58. The van der Waals surface area contributed by atoms with Gasteiger partial charge in [0.2, 0.25) is 0 Å². The van der Waals surface area contributed by atoms with Crippen molar-refractivity contribution in [3.63, 3.8) is 0 Å². The first-order valence-electron chi connectivity index (χ1n) is 4.97. The molecular formula is C9H20N4. The molecule has 0 saturated carbocycles. The Labute approximate surface area is 80.2 Å². The molecular weight excluding hydrogens is 164 g/mol. The quantitative estimate of drug-likeness (QED) is 0.469. The normalized spacial score (nSPS) is 21.8. The summed E-state index contributed by atoms with van der Waals surface area (Å²) in [5.41, 5.74) is 5.67. The molecule has 1 aliphatic heterocycles. The molecule has 0 atom stereocenters. The molecule has 76 valence electrons. The van der Waals surface area contributed by atoms with Gasteiger partial charge in [-0.3, -0.25) is 4.99 Å². The third kappa shape index (κ3) is 3.63. The van der Waals surface area contributed by atoms with Crippen LogP contribution in [0.3, 0.4) is 0 Å². The number of nitrogens with zero attached hydrogens (tertiary/aromatic N) is 2. The Bertz CT molecular complexity index is 170. The number of guanidine groups is 1. The van der Waals surface area contributed by atoms with Gasteiger partial charge in [0.25, 0.3) is 0 Å². The lowest BCUT2D eigenvalue weighted by molar-refractivity contribution is 0.246. The van der Waals surface area contributed by atoms with Gasteiger partial charge < -0.3 is 16.0 Å². The first-order valence-corrected chi connectivity index (χ1v) is 4.97. The lowest BCUT2D eigenvalue weighted by atomic mass is 10.1. The summed E-state index contributed by atoms with van der Waals surface area (Å²) in [6.07, 6.45) is 2.33. The highest BCUT2D eigenvalue weighted by molar-refractivity contribution is 5.78. The van der Waals surface area contributed by atoms with Crippen LogP contribution in [0.1, 0.15) is 19.8 Å². The lowest BCUT2D eigenvalue weighted by Crippen LogP contribution is -2.46. The molecule has 1 rings (SSSR count). The van der Waals surface area contributed by atoms with Crippen molar-refractivity contribution >= 4 is 5.96 Å². The summed E-state index contributed by atoms with van der Waals surface area (Å²) in [6, 6.07) is 0.520. The van der Waals surface area contributed by atoms with E-state index in [1.54, 1.807) is 0 Å². The molecule has 0 amide bonds. The summed E-state index contributed by atoms with van der Waals surface area (Å²) in [5.74, 6) is 0.594. The number of hydrogen-bond donors (Lipinski definition) is 2. The fourth-order valence-corrected chi connectivity index (χ4v) is 1.58. The largest absolute Gasteiger partial charge is 0.370 e. The summed E-state index contributed by atoms with van der Waals surface area (Å²) >= 11 is 0. The zero-order chi connectivity index (χ0) is 9.68. The minimum atomic E-state index is 0.520. The molecule has 0 spiro atoms. The highest BCUT2D eigenvalue weighted by Crippen LogP contribution is 2.07. The summed E-state index contributed by atoms with van der Waals surface area (Å²) < 4.78 is 0. The van der Waals surface area contributed by atoms with E-state index in [1.165, 1.54) is 0 Å². The molecule has 0 aromatic rings. The molecule has 13 heavy (non-hydrogen) atoms. The molecule has 4 nitrogen and oxygen atoms in total. The van der Waals surface area contributed by atoms with E-state index in [0.717, 1.165) is 32.5 Å². The minimum absolute atomic E-state index is 0.520. The number of piperidine rings is 1. The summed E-state index contributed by atoms with van der Waals surface area (Å²) in [5, 5.41) is 3.24. The molecule has 0 aromatic heterocycles. The SMILES string of the molecule is CCN=C(N)NC1CCN(C)CC1. The van der Waals surface area contributed by atoms with E-state index in [9.17, 15) is 0 Å². The van der Waals surface area contributed by atoms with E-state index in [-0.39, 0.29) is 0 Å². The van der Waals surface area contributed by atoms with Crippen LogP contribution < -0.4 is 11.1 Å². The summed E-state index contributed by atoms with van der Waals surface area (Å²) in [7, 11) is 2.15. The standard InChI is InChI=1S/C9H20N4/c1-3-11-9(10)12-8-4-6-13(2)7-5-8/h8H,3-7H2,1-2H3,(H3,10,11,12). The molecule has 0 aromatic carbocycles. The van der Waals surface area contributed by atoms with Crippen LogP contribution in [0.5, 0.6) is 0 Å². The van der Waals surface area contributed by atoms with Crippen molar-refractivity contribution in [2.45, 2.75) is 25.8 Å². The highest BCUT2D eigenvalue weighted by Gasteiger charge is 2.16. The van der Waals surface area contributed by atoms with Gasteiger partial charge in [-0.1, -0.05) is 0 Å². The molecule has 0 bridgehead atoms. The van der Waals surface area contributed by atoms with Crippen LogP contribution in [0.15, 0.2) is 4.99 Å². The Morgan fingerprint density at radius 3 is 2.69 bits per heavy atom. The maximum Gasteiger partial charge on any atom is 0.188 e. The predicted octanol–water partition coefficient (Wildman–Crippen LogP) is 0.00480. The summed E-state index contributed by atoms with van der Waals surface area (Å²) in [6.45, 7) is 5.04. The van der Waals surface area contributed by atoms with Gasteiger partial charge in [0.15, 0.2) is 5.96 Å². The van der Waals surface area contributed by atoms with Crippen molar-refractivity contribution in [3.05, 3.63) is 0 Å². The van der Waals surface area contributed by atoms with E-state index in [2.05, 4.69) is 22.3 Å². The van der Waals surface area contributed by atoms with Crippen molar-refractivity contribution in [1.82, 2.24) is 10.2 Å². The maximum atomic E-state index is 5.67. The van der Waals surface area contributed by atoms with Crippen molar-refractivity contribution in [3.8, 4) is 0 Å². The van der Waals surface area contributed by atoms with E-state index in [0.29, 0.717) is 12.0 Å². The van der Waals surface area contributed by atoms with Gasteiger partial charge in [-0.15, -0.1) is 0 Å². The average molecular weight is 184 g/mol. The van der Waals surface area contributed by atoms with Gasteiger partial charge in [-0.05, 0) is 39.9 Å². The molecule has 0 unspecified atom stereocenters. The van der Waals surface area contributed by atoms with Crippen LogP contribution >= 0.6 is 0 Å². The van der Waals surface area contributed by atoms with Crippen molar-refractivity contribution in [2.75, 3.05) is 26.7 Å². The van der Waals surface area contributed by atoms with E-state index in [4.69, 9.17) is 5.73 Å². The second kappa shape index (κ2) is 5.07. The molecule has 4 heteroatoms. The first kappa shape index (κ1) is 10.3.